The Bertz CT molecular complexity index is 500. The minimum atomic E-state index is -1.58. The highest BCUT2D eigenvalue weighted by Crippen LogP contribution is 2.38. The van der Waals surface area contributed by atoms with Crippen LogP contribution in [0.4, 0.5) is 0 Å². The highest BCUT2D eigenvalue weighted by molar-refractivity contribution is 5.89. The molecule has 102 valence electrons. The molecule has 19 heavy (non-hydrogen) atoms. The van der Waals surface area contributed by atoms with Gasteiger partial charge in [0.2, 0.25) is 5.78 Å². The number of nitro groups is 1. The zero-order valence-corrected chi connectivity index (χ0v) is 10.9. The first-order valence-electron chi connectivity index (χ1n) is 6.52. The van der Waals surface area contributed by atoms with Crippen molar-refractivity contribution in [3.05, 3.63) is 39.9 Å². The molecule has 0 saturated heterocycles. The molecule has 1 atom stereocenters. The van der Waals surface area contributed by atoms with Crippen LogP contribution in [0.3, 0.4) is 0 Å². The van der Waals surface area contributed by atoms with E-state index in [1.807, 2.05) is 6.92 Å². The maximum Gasteiger partial charge on any atom is 0.304 e. The lowest BCUT2D eigenvalue weighted by Crippen LogP contribution is -2.45. The maximum absolute atomic E-state index is 12.1. The summed E-state index contributed by atoms with van der Waals surface area (Å²) in [5.41, 5.74) is -1.14. The Hall–Kier alpha value is -1.91. The molecule has 0 N–H and O–H groups in total. The fourth-order valence-electron chi connectivity index (χ4n) is 2.63. The van der Waals surface area contributed by atoms with Crippen LogP contribution >= 0.6 is 0 Å². The Morgan fingerprint density at radius 3 is 2.84 bits per heavy atom. The summed E-state index contributed by atoms with van der Waals surface area (Å²) in [4.78, 5) is 23.2. The second kappa shape index (κ2) is 5.38. The van der Waals surface area contributed by atoms with E-state index in [0.717, 1.165) is 6.42 Å². The van der Waals surface area contributed by atoms with Gasteiger partial charge in [-0.3, -0.25) is 14.9 Å². The van der Waals surface area contributed by atoms with Crippen molar-refractivity contribution in [2.75, 3.05) is 6.61 Å². The molecule has 1 aromatic carbocycles. The van der Waals surface area contributed by atoms with E-state index in [9.17, 15) is 14.9 Å². The number of carbonyl (C=O) groups excluding carboxylic acids is 1. The van der Waals surface area contributed by atoms with Crippen LogP contribution in [0.25, 0.3) is 0 Å². The van der Waals surface area contributed by atoms with E-state index < -0.39 is 10.5 Å². The third kappa shape index (κ3) is 2.32. The van der Waals surface area contributed by atoms with E-state index in [2.05, 4.69) is 0 Å². The molecule has 1 saturated carbocycles. The number of rotatable bonds is 4. The molecule has 2 rings (SSSR count). The van der Waals surface area contributed by atoms with Gasteiger partial charge in [0.05, 0.1) is 6.61 Å². The smallest absolute Gasteiger partial charge is 0.304 e. The molecule has 1 aliphatic rings. The van der Waals surface area contributed by atoms with Crippen molar-refractivity contribution >= 4 is 5.78 Å². The molecule has 0 radical (unpaired) electrons. The number of Topliss-reactive ketones (excluding diaryl/α,β-unsaturated/α-hetero) is 1. The van der Waals surface area contributed by atoms with Crippen molar-refractivity contribution < 1.29 is 14.5 Å². The molecule has 0 heterocycles. The summed E-state index contributed by atoms with van der Waals surface area (Å²) in [6.07, 6.45) is 1.99. The van der Waals surface area contributed by atoms with E-state index in [1.54, 1.807) is 24.3 Å². The van der Waals surface area contributed by atoms with Crippen molar-refractivity contribution in [2.45, 2.75) is 38.1 Å². The van der Waals surface area contributed by atoms with E-state index in [0.29, 0.717) is 24.3 Å². The summed E-state index contributed by atoms with van der Waals surface area (Å²) in [6.45, 7) is 2.34. The third-order valence-corrected chi connectivity index (χ3v) is 3.59. The maximum atomic E-state index is 12.1. The van der Waals surface area contributed by atoms with Gasteiger partial charge in [-0.15, -0.1) is 0 Å². The summed E-state index contributed by atoms with van der Waals surface area (Å²) in [5.74, 6) is 0.275. The highest BCUT2D eigenvalue weighted by atomic mass is 16.6. The molecule has 5 heteroatoms. The molecular weight excluding hydrogens is 246 g/mol. The second-order valence-corrected chi connectivity index (χ2v) is 4.71. The molecule has 5 nitrogen and oxygen atoms in total. The lowest BCUT2D eigenvalue weighted by molar-refractivity contribution is -0.563. The Balaban J connectivity index is 2.47. The number of ketones is 1. The lowest BCUT2D eigenvalue weighted by Gasteiger charge is -2.28. The lowest BCUT2D eigenvalue weighted by atomic mass is 9.76. The summed E-state index contributed by atoms with van der Waals surface area (Å²) in [5, 5.41) is 11.5. The fraction of sp³-hybridized carbons (Fsp3) is 0.500. The zero-order chi connectivity index (χ0) is 13.9. The average molecular weight is 263 g/mol. The molecule has 0 amide bonds. The minimum absolute atomic E-state index is 0.272. The number of benzene rings is 1. The molecule has 0 bridgehead atoms. The second-order valence-electron chi connectivity index (χ2n) is 4.71. The number of hydrogen-bond donors (Lipinski definition) is 0. The fourth-order valence-corrected chi connectivity index (χ4v) is 2.63. The van der Waals surface area contributed by atoms with Crippen LogP contribution < -0.4 is 4.74 Å². The Morgan fingerprint density at radius 1 is 1.42 bits per heavy atom. The third-order valence-electron chi connectivity index (χ3n) is 3.59. The van der Waals surface area contributed by atoms with Crippen LogP contribution in [0, 0.1) is 10.1 Å². The molecule has 0 aliphatic heterocycles. The molecule has 1 fully saturated rings. The Kier molecular flexibility index (Phi) is 3.83. The van der Waals surface area contributed by atoms with Crippen molar-refractivity contribution in [3.63, 3.8) is 0 Å². The predicted octanol–water partition coefficient (Wildman–Crippen LogP) is 2.70. The van der Waals surface area contributed by atoms with Crippen LogP contribution in [-0.4, -0.2) is 17.3 Å². The van der Waals surface area contributed by atoms with Crippen molar-refractivity contribution in [3.8, 4) is 5.75 Å². The zero-order valence-electron chi connectivity index (χ0n) is 10.9. The minimum Gasteiger partial charge on any atom is -0.494 e. The molecule has 0 spiro atoms. The molecular formula is C14H17NO4. The van der Waals surface area contributed by atoms with Gasteiger partial charge in [0.15, 0.2) is 0 Å². The van der Waals surface area contributed by atoms with E-state index in [1.165, 1.54) is 0 Å². The van der Waals surface area contributed by atoms with Gasteiger partial charge < -0.3 is 4.74 Å². The van der Waals surface area contributed by atoms with Crippen LogP contribution in [-0.2, 0) is 10.3 Å². The quantitative estimate of drug-likeness (QED) is 0.618. The van der Waals surface area contributed by atoms with Gasteiger partial charge >= 0.3 is 5.54 Å². The van der Waals surface area contributed by atoms with Gasteiger partial charge in [-0.25, -0.2) is 0 Å². The molecule has 1 aliphatic carbocycles. The number of hydrogen-bond acceptors (Lipinski definition) is 4. The van der Waals surface area contributed by atoms with E-state index in [-0.39, 0.29) is 18.6 Å². The Morgan fingerprint density at radius 2 is 2.21 bits per heavy atom. The van der Waals surface area contributed by atoms with Gasteiger partial charge in [-0.1, -0.05) is 12.1 Å². The van der Waals surface area contributed by atoms with Crippen LogP contribution in [0.2, 0.25) is 0 Å². The summed E-state index contributed by atoms with van der Waals surface area (Å²) in [7, 11) is 0. The van der Waals surface area contributed by atoms with Crippen LogP contribution in [0.5, 0.6) is 5.75 Å². The van der Waals surface area contributed by atoms with Gasteiger partial charge in [0, 0.05) is 23.3 Å². The highest BCUT2D eigenvalue weighted by Gasteiger charge is 2.53. The van der Waals surface area contributed by atoms with Crippen LogP contribution in [0.15, 0.2) is 24.3 Å². The summed E-state index contributed by atoms with van der Waals surface area (Å²) >= 11 is 0. The largest absolute Gasteiger partial charge is 0.494 e. The van der Waals surface area contributed by atoms with Gasteiger partial charge in [-0.2, -0.15) is 0 Å². The number of carbonyl (C=O) groups is 1. The summed E-state index contributed by atoms with van der Waals surface area (Å²) < 4.78 is 5.36. The Labute approximate surface area is 111 Å². The van der Waals surface area contributed by atoms with Gasteiger partial charge in [-0.05, 0) is 31.9 Å². The SMILES string of the molecule is CCOc1cccc(C2([N+](=O)[O-])CCCCC2=O)c1. The van der Waals surface area contributed by atoms with Crippen molar-refractivity contribution in [1.29, 1.82) is 0 Å². The van der Waals surface area contributed by atoms with Gasteiger partial charge in [0.1, 0.15) is 5.75 Å². The average Bonchev–Trinajstić information content (AvgIpc) is 2.40. The normalized spacial score (nSPS) is 23.1. The predicted molar refractivity (Wildman–Crippen MR) is 69.8 cm³/mol. The molecule has 1 unspecified atom stereocenters. The number of ether oxygens (including phenoxy) is 1. The summed E-state index contributed by atoms with van der Waals surface area (Å²) in [6, 6.07) is 6.71. The first-order valence-corrected chi connectivity index (χ1v) is 6.52. The number of nitrogens with zero attached hydrogens (tertiary/aromatic N) is 1. The molecule has 0 aromatic heterocycles. The molecule has 1 aromatic rings. The van der Waals surface area contributed by atoms with Crippen molar-refractivity contribution in [1.82, 2.24) is 0 Å². The van der Waals surface area contributed by atoms with Gasteiger partial charge in [0.25, 0.3) is 0 Å². The standard InChI is InChI=1S/C14H17NO4/c1-2-19-12-7-5-6-11(10-12)14(15(17)18)9-4-3-8-13(14)16/h5-7,10H,2-4,8-9H2,1H3. The first kappa shape index (κ1) is 13.5. The van der Waals surface area contributed by atoms with Crippen molar-refractivity contribution in [2.24, 2.45) is 0 Å². The first-order chi connectivity index (χ1) is 9.11. The van der Waals surface area contributed by atoms with E-state index in [4.69, 9.17) is 4.74 Å². The monoisotopic (exact) mass is 263 g/mol. The van der Waals surface area contributed by atoms with E-state index >= 15 is 0 Å². The van der Waals surface area contributed by atoms with Crippen LogP contribution in [0.1, 0.15) is 38.2 Å². The topological polar surface area (TPSA) is 69.4 Å².